The van der Waals surface area contributed by atoms with Crippen LogP contribution in [0.4, 0.5) is 4.39 Å². The summed E-state index contributed by atoms with van der Waals surface area (Å²) >= 11 is 0. The van der Waals surface area contributed by atoms with Gasteiger partial charge in [0.05, 0.1) is 18.7 Å². The largest absolute Gasteiger partial charge is 0.361 e. The van der Waals surface area contributed by atoms with Crippen molar-refractivity contribution < 1.29 is 9.13 Å². The molecule has 0 radical (unpaired) electrons. The Hall–Kier alpha value is -1.48. The number of nitriles is 1. The molecule has 2 N–H and O–H groups in total. The Balaban J connectivity index is 2.26. The van der Waals surface area contributed by atoms with E-state index in [1.165, 1.54) is 6.07 Å². The number of rotatable bonds is 3. The van der Waals surface area contributed by atoms with Crippen LogP contribution in [0.25, 0.3) is 0 Å². The van der Waals surface area contributed by atoms with Crippen molar-refractivity contribution in [2.75, 3.05) is 19.7 Å². The van der Waals surface area contributed by atoms with Gasteiger partial charge in [-0.25, -0.2) is 4.39 Å². The Morgan fingerprint density at radius 1 is 1.53 bits per heavy atom. The summed E-state index contributed by atoms with van der Waals surface area (Å²) in [5.74, 6) is -0.259. The van der Waals surface area contributed by atoms with Gasteiger partial charge in [-0.05, 0) is 13.0 Å². The Kier molecular flexibility index (Phi) is 4.48. The molecule has 3 atom stereocenters. The van der Waals surface area contributed by atoms with Gasteiger partial charge in [-0.3, -0.25) is 4.90 Å². The van der Waals surface area contributed by atoms with E-state index in [2.05, 4.69) is 6.07 Å². The van der Waals surface area contributed by atoms with Crippen LogP contribution in [0, 0.1) is 17.1 Å². The summed E-state index contributed by atoms with van der Waals surface area (Å²) in [7, 11) is 0. The number of nitrogens with zero attached hydrogens (tertiary/aromatic N) is 2. The topological polar surface area (TPSA) is 62.3 Å². The lowest BCUT2D eigenvalue weighted by atomic mass is 9.97. The van der Waals surface area contributed by atoms with Gasteiger partial charge >= 0.3 is 0 Å². The third kappa shape index (κ3) is 3.10. The number of halogens is 1. The Labute approximate surface area is 112 Å². The molecule has 0 aromatic heterocycles. The van der Waals surface area contributed by atoms with Crippen LogP contribution in [0.1, 0.15) is 18.5 Å². The molecule has 1 aliphatic heterocycles. The predicted molar refractivity (Wildman–Crippen MR) is 69.7 cm³/mol. The van der Waals surface area contributed by atoms with Crippen molar-refractivity contribution in [2.24, 2.45) is 5.73 Å². The van der Waals surface area contributed by atoms with Crippen LogP contribution in [-0.2, 0) is 4.74 Å². The zero-order chi connectivity index (χ0) is 13.8. The number of benzene rings is 1. The van der Waals surface area contributed by atoms with Gasteiger partial charge in [-0.2, -0.15) is 5.26 Å². The van der Waals surface area contributed by atoms with Gasteiger partial charge in [0, 0.05) is 24.7 Å². The molecule has 3 unspecified atom stereocenters. The smallest absolute Gasteiger partial charge is 0.156 e. The molecule has 102 valence electrons. The number of ether oxygens (including phenoxy) is 1. The molecule has 19 heavy (non-hydrogen) atoms. The van der Waals surface area contributed by atoms with Gasteiger partial charge in [-0.15, -0.1) is 0 Å². The van der Waals surface area contributed by atoms with Crippen LogP contribution in [0.15, 0.2) is 24.3 Å². The zero-order valence-electron chi connectivity index (χ0n) is 10.9. The van der Waals surface area contributed by atoms with Gasteiger partial charge in [0.25, 0.3) is 0 Å². The summed E-state index contributed by atoms with van der Waals surface area (Å²) in [4.78, 5) is 2.03. The lowest BCUT2D eigenvalue weighted by Crippen LogP contribution is -2.48. The van der Waals surface area contributed by atoms with Crippen LogP contribution in [-0.4, -0.2) is 36.7 Å². The minimum Gasteiger partial charge on any atom is -0.361 e. The second-order valence-corrected chi connectivity index (χ2v) is 4.81. The summed E-state index contributed by atoms with van der Waals surface area (Å²) in [5, 5.41) is 8.95. The van der Waals surface area contributed by atoms with Gasteiger partial charge in [0.15, 0.2) is 6.10 Å². The monoisotopic (exact) mass is 263 g/mol. The highest BCUT2D eigenvalue weighted by Gasteiger charge is 2.31. The third-order valence-corrected chi connectivity index (χ3v) is 3.36. The number of hydrogen-bond acceptors (Lipinski definition) is 4. The fourth-order valence-electron chi connectivity index (χ4n) is 2.53. The molecule has 0 bridgehead atoms. The second-order valence-electron chi connectivity index (χ2n) is 4.81. The van der Waals surface area contributed by atoms with Crippen molar-refractivity contribution in [3.8, 4) is 6.07 Å². The lowest BCUT2D eigenvalue weighted by Gasteiger charge is -2.38. The summed E-state index contributed by atoms with van der Waals surface area (Å²) < 4.78 is 19.3. The summed E-state index contributed by atoms with van der Waals surface area (Å²) in [6.07, 6.45) is -0.471. The predicted octanol–water partition coefficient (Wildman–Crippen LogP) is 1.44. The van der Waals surface area contributed by atoms with E-state index in [-0.39, 0.29) is 17.9 Å². The van der Waals surface area contributed by atoms with Crippen LogP contribution in [0.2, 0.25) is 0 Å². The van der Waals surface area contributed by atoms with E-state index in [1.54, 1.807) is 18.2 Å². The maximum Gasteiger partial charge on any atom is 0.156 e. The van der Waals surface area contributed by atoms with E-state index in [0.29, 0.717) is 25.3 Å². The van der Waals surface area contributed by atoms with Gasteiger partial charge in [0.2, 0.25) is 0 Å². The SMILES string of the molecule is CC(N)C(c1ccccc1F)N1CCOC(C#N)C1. The molecule has 0 aliphatic carbocycles. The summed E-state index contributed by atoms with van der Waals surface area (Å²) in [6.45, 7) is 3.43. The van der Waals surface area contributed by atoms with E-state index in [0.717, 1.165) is 0 Å². The first-order chi connectivity index (χ1) is 9.13. The number of morpholine rings is 1. The highest BCUT2D eigenvalue weighted by Crippen LogP contribution is 2.27. The molecule has 2 rings (SSSR count). The molecule has 0 saturated carbocycles. The first kappa shape index (κ1) is 13.9. The van der Waals surface area contributed by atoms with Gasteiger partial charge in [0.1, 0.15) is 5.82 Å². The Morgan fingerprint density at radius 2 is 2.26 bits per heavy atom. The molecule has 0 spiro atoms. The Bertz CT molecular complexity index is 472. The highest BCUT2D eigenvalue weighted by molar-refractivity contribution is 5.23. The number of hydrogen-bond donors (Lipinski definition) is 1. The molecule has 5 heteroatoms. The molecule has 1 heterocycles. The van der Waals surface area contributed by atoms with Crippen molar-refractivity contribution in [3.63, 3.8) is 0 Å². The summed E-state index contributed by atoms with van der Waals surface area (Å²) in [6, 6.07) is 8.28. The highest BCUT2D eigenvalue weighted by atomic mass is 19.1. The first-order valence-electron chi connectivity index (χ1n) is 6.38. The van der Waals surface area contributed by atoms with Crippen molar-refractivity contribution in [2.45, 2.75) is 25.1 Å². The first-order valence-corrected chi connectivity index (χ1v) is 6.38. The maximum atomic E-state index is 14.0. The number of nitrogens with two attached hydrogens (primary N) is 1. The minimum absolute atomic E-state index is 0.227. The standard InChI is InChI=1S/C14H18FN3O/c1-10(17)14(12-4-2-3-5-13(12)15)18-6-7-19-11(8-16)9-18/h2-5,10-11,14H,6-7,9,17H2,1H3. The van der Waals surface area contributed by atoms with E-state index in [1.807, 2.05) is 11.8 Å². The molecular formula is C14H18FN3O. The van der Waals surface area contributed by atoms with Gasteiger partial charge < -0.3 is 10.5 Å². The molecule has 1 aliphatic rings. The average molecular weight is 263 g/mol. The minimum atomic E-state index is -0.471. The zero-order valence-corrected chi connectivity index (χ0v) is 10.9. The molecule has 1 aromatic carbocycles. The van der Waals surface area contributed by atoms with Crippen LogP contribution < -0.4 is 5.73 Å². The molecular weight excluding hydrogens is 245 g/mol. The van der Waals surface area contributed by atoms with Crippen LogP contribution in [0.3, 0.4) is 0 Å². The lowest BCUT2D eigenvalue weighted by molar-refractivity contribution is -0.0216. The molecule has 1 fully saturated rings. The van der Waals surface area contributed by atoms with Crippen molar-refractivity contribution in [1.29, 1.82) is 5.26 Å². The van der Waals surface area contributed by atoms with E-state index < -0.39 is 6.10 Å². The molecule has 4 nitrogen and oxygen atoms in total. The van der Waals surface area contributed by atoms with Gasteiger partial charge in [-0.1, -0.05) is 18.2 Å². The molecule has 1 aromatic rings. The third-order valence-electron chi connectivity index (χ3n) is 3.36. The quantitative estimate of drug-likeness (QED) is 0.896. The molecule has 1 saturated heterocycles. The maximum absolute atomic E-state index is 14.0. The average Bonchev–Trinajstić information content (AvgIpc) is 2.41. The van der Waals surface area contributed by atoms with Crippen LogP contribution in [0.5, 0.6) is 0 Å². The fraction of sp³-hybridized carbons (Fsp3) is 0.500. The fourth-order valence-corrected chi connectivity index (χ4v) is 2.53. The summed E-state index contributed by atoms with van der Waals surface area (Å²) in [5.41, 5.74) is 6.60. The van der Waals surface area contributed by atoms with Crippen molar-refractivity contribution >= 4 is 0 Å². The van der Waals surface area contributed by atoms with E-state index in [9.17, 15) is 4.39 Å². The Morgan fingerprint density at radius 3 is 2.89 bits per heavy atom. The normalized spacial score (nSPS) is 23.6. The van der Waals surface area contributed by atoms with E-state index in [4.69, 9.17) is 15.7 Å². The second kappa shape index (κ2) is 6.11. The van der Waals surface area contributed by atoms with Crippen molar-refractivity contribution in [3.05, 3.63) is 35.6 Å². The van der Waals surface area contributed by atoms with Crippen LogP contribution >= 0.6 is 0 Å². The molecule has 0 amide bonds. The van der Waals surface area contributed by atoms with Crippen molar-refractivity contribution in [1.82, 2.24) is 4.90 Å². The van der Waals surface area contributed by atoms with E-state index >= 15 is 0 Å².